The summed E-state index contributed by atoms with van der Waals surface area (Å²) in [4.78, 5) is 50.0. The lowest BCUT2D eigenvalue weighted by molar-refractivity contribution is -0.122. The average Bonchev–Trinajstić information content (AvgIpc) is 3.05. The molecule has 4 amide bonds. The van der Waals surface area contributed by atoms with Crippen molar-refractivity contribution in [2.24, 2.45) is 0 Å². The monoisotopic (exact) mass is 481 g/mol. The van der Waals surface area contributed by atoms with Crippen LogP contribution >= 0.6 is 11.6 Å². The number of aromatic nitrogens is 1. The predicted molar refractivity (Wildman–Crippen MR) is 123 cm³/mol. The number of imide groups is 2. The lowest BCUT2D eigenvalue weighted by Crippen LogP contribution is -2.54. The number of carbonyl (C=O) groups excluding carboxylic acids is 3. The molecule has 1 aromatic heterocycles. The van der Waals surface area contributed by atoms with Crippen LogP contribution in [0.5, 0.6) is 0 Å². The van der Waals surface area contributed by atoms with E-state index in [-0.39, 0.29) is 16.8 Å². The third-order valence-electron chi connectivity index (χ3n) is 5.39. The van der Waals surface area contributed by atoms with Gasteiger partial charge in [-0.3, -0.25) is 14.9 Å². The molecule has 0 atom stereocenters. The number of nitrogens with one attached hydrogen (secondary N) is 1. The van der Waals surface area contributed by atoms with Crippen LogP contribution in [0.1, 0.15) is 27.3 Å². The van der Waals surface area contributed by atoms with E-state index in [0.29, 0.717) is 27.7 Å². The van der Waals surface area contributed by atoms with Crippen molar-refractivity contribution in [3.8, 4) is 5.69 Å². The minimum absolute atomic E-state index is 0.0436. The van der Waals surface area contributed by atoms with Crippen LogP contribution in [0.4, 0.5) is 14.9 Å². The number of rotatable bonds is 4. The second kappa shape index (κ2) is 8.60. The molecule has 1 aliphatic rings. The van der Waals surface area contributed by atoms with E-state index >= 15 is 0 Å². The zero-order valence-electron chi connectivity index (χ0n) is 17.9. The van der Waals surface area contributed by atoms with Gasteiger partial charge in [0.2, 0.25) is 0 Å². The van der Waals surface area contributed by atoms with Gasteiger partial charge in [-0.15, -0.1) is 0 Å². The van der Waals surface area contributed by atoms with Gasteiger partial charge in [0.25, 0.3) is 11.8 Å². The lowest BCUT2D eigenvalue weighted by Gasteiger charge is -2.26. The Morgan fingerprint density at radius 1 is 1.06 bits per heavy atom. The molecule has 0 aliphatic carbocycles. The Bertz CT molecular complexity index is 1410. The number of aryl methyl sites for hydroxylation is 1. The SMILES string of the molecule is Cc1cc(/C=C2\C(=O)NC(=O)N(c3ccc(F)cc3)C2=O)c(C)n1-c1cc(C(=O)O)ccc1Cl. The van der Waals surface area contributed by atoms with Crippen molar-refractivity contribution in [1.82, 2.24) is 9.88 Å². The Morgan fingerprint density at radius 3 is 2.38 bits per heavy atom. The number of hydrogen-bond donors (Lipinski definition) is 2. The molecule has 0 saturated carbocycles. The van der Waals surface area contributed by atoms with E-state index in [9.17, 15) is 28.7 Å². The van der Waals surface area contributed by atoms with Crippen LogP contribution < -0.4 is 10.2 Å². The van der Waals surface area contributed by atoms with Gasteiger partial charge in [-0.25, -0.2) is 18.9 Å². The molecule has 2 N–H and O–H groups in total. The summed E-state index contributed by atoms with van der Waals surface area (Å²) in [5, 5.41) is 11.8. The van der Waals surface area contributed by atoms with Crippen LogP contribution in [0.2, 0.25) is 5.02 Å². The lowest BCUT2D eigenvalue weighted by atomic mass is 10.1. The van der Waals surface area contributed by atoms with Gasteiger partial charge in [0, 0.05) is 11.4 Å². The van der Waals surface area contributed by atoms with Crippen molar-refractivity contribution in [2.45, 2.75) is 13.8 Å². The summed E-state index contributed by atoms with van der Waals surface area (Å²) in [5.41, 5.74) is 2.01. The van der Waals surface area contributed by atoms with Gasteiger partial charge >= 0.3 is 12.0 Å². The molecule has 10 heteroatoms. The summed E-state index contributed by atoms with van der Waals surface area (Å²) in [7, 11) is 0. The van der Waals surface area contributed by atoms with Crippen LogP contribution in [-0.4, -0.2) is 33.5 Å². The Morgan fingerprint density at radius 2 is 1.74 bits per heavy atom. The highest BCUT2D eigenvalue weighted by Crippen LogP contribution is 2.30. The maximum atomic E-state index is 13.3. The van der Waals surface area contributed by atoms with E-state index < -0.39 is 29.6 Å². The normalized spacial score (nSPS) is 15.1. The number of carboxylic acids is 1. The summed E-state index contributed by atoms with van der Waals surface area (Å²) in [6, 6.07) is 9.74. The number of benzene rings is 2. The number of hydrogen-bond acceptors (Lipinski definition) is 4. The molecule has 0 spiro atoms. The molecule has 1 fully saturated rings. The number of amides is 4. The third-order valence-corrected chi connectivity index (χ3v) is 5.71. The van der Waals surface area contributed by atoms with Crippen LogP contribution in [0.15, 0.2) is 54.1 Å². The molecule has 1 aliphatic heterocycles. The van der Waals surface area contributed by atoms with Crippen molar-refractivity contribution in [1.29, 1.82) is 0 Å². The van der Waals surface area contributed by atoms with Gasteiger partial charge in [-0.05, 0) is 74.0 Å². The van der Waals surface area contributed by atoms with Crippen molar-refractivity contribution >= 4 is 47.2 Å². The van der Waals surface area contributed by atoms with Gasteiger partial charge in [0.15, 0.2) is 0 Å². The van der Waals surface area contributed by atoms with Gasteiger partial charge < -0.3 is 9.67 Å². The largest absolute Gasteiger partial charge is 0.478 e. The van der Waals surface area contributed by atoms with Gasteiger partial charge in [0.1, 0.15) is 11.4 Å². The van der Waals surface area contributed by atoms with E-state index in [1.807, 2.05) is 0 Å². The first-order valence-electron chi connectivity index (χ1n) is 9.97. The highest BCUT2D eigenvalue weighted by Gasteiger charge is 2.37. The van der Waals surface area contributed by atoms with Crippen molar-refractivity contribution < 1.29 is 28.7 Å². The van der Waals surface area contributed by atoms with Crippen molar-refractivity contribution in [3.63, 3.8) is 0 Å². The smallest absolute Gasteiger partial charge is 0.335 e. The summed E-state index contributed by atoms with van der Waals surface area (Å²) < 4.78 is 15.0. The highest BCUT2D eigenvalue weighted by molar-refractivity contribution is 6.39. The average molecular weight is 482 g/mol. The van der Waals surface area contributed by atoms with Crippen LogP contribution in [0, 0.1) is 19.7 Å². The second-order valence-electron chi connectivity index (χ2n) is 7.57. The number of anilines is 1. The first-order chi connectivity index (χ1) is 16.1. The summed E-state index contributed by atoms with van der Waals surface area (Å²) >= 11 is 6.32. The number of nitrogens with zero attached hydrogens (tertiary/aromatic N) is 2. The second-order valence-corrected chi connectivity index (χ2v) is 7.97. The molecule has 3 aromatic rings. The summed E-state index contributed by atoms with van der Waals surface area (Å²) in [6.45, 7) is 3.48. The van der Waals surface area contributed by atoms with Gasteiger partial charge in [0.05, 0.1) is 22.0 Å². The summed E-state index contributed by atoms with van der Waals surface area (Å²) in [6.07, 6.45) is 1.34. The quantitative estimate of drug-likeness (QED) is 0.427. The number of carbonyl (C=O) groups is 4. The topological polar surface area (TPSA) is 109 Å². The molecule has 2 heterocycles. The fraction of sp³-hybridized carbons (Fsp3) is 0.0833. The molecule has 0 radical (unpaired) electrons. The molecule has 172 valence electrons. The first kappa shape index (κ1) is 22.9. The number of halogens is 2. The van der Waals surface area contributed by atoms with E-state index in [1.54, 1.807) is 24.5 Å². The predicted octanol–water partition coefficient (Wildman–Crippen LogP) is 4.25. The fourth-order valence-corrected chi connectivity index (χ4v) is 3.96. The molecule has 34 heavy (non-hydrogen) atoms. The maximum absolute atomic E-state index is 13.3. The van der Waals surface area contributed by atoms with Crippen LogP contribution in [0.25, 0.3) is 11.8 Å². The summed E-state index contributed by atoms with van der Waals surface area (Å²) in [5.74, 6) is -3.39. The number of barbiturate groups is 1. The molecular weight excluding hydrogens is 465 g/mol. The highest BCUT2D eigenvalue weighted by atomic mass is 35.5. The minimum atomic E-state index is -1.11. The molecule has 0 bridgehead atoms. The number of urea groups is 1. The molecule has 1 saturated heterocycles. The maximum Gasteiger partial charge on any atom is 0.335 e. The molecule has 0 unspecified atom stereocenters. The Hall–Kier alpha value is -4.24. The third kappa shape index (κ3) is 3.97. The Balaban J connectivity index is 1.79. The van der Waals surface area contributed by atoms with E-state index in [2.05, 4.69) is 5.32 Å². The van der Waals surface area contributed by atoms with Crippen molar-refractivity contribution in [3.05, 3.63) is 87.5 Å². The zero-order valence-corrected chi connectivity index (χ0v) is 18.7. The number of aromatic carboxylic acids is 1. The molecule has 8 nitrogen and oxygen atoms in total. The Kier molecular flexibility index (Phi) is 5.80. The van der Waals surface area contributed by atoms with E-state index in [0.717, 1.165) is 17.0 Å². The standard InChI is InChI=1S/C24H17ClFN3O5/c1-12-9-15(13(2)28(12)20-11-14(23(32)33)3-8-19(20)25)10-18-21(30)27-24(34)29(22(18)31)17-6-4-16(26)5-7-17/h3-11H,1-2H3,(H,32,33)(H,27,30,34)/b18-10+. The van der Waals surface area contributed by atoms with Crippen LogP contribution in [0.3, 0.4) is 0 Å². The number of carboxylic acid groups (broad SMARTS) is 1. The zero-order chi connectivity index (χ0) is 24.7. The van der Waals surface area contributed by atoms with Gasteiger partial charge in [-0.2, -0.15) is 0 Å². The van der Waals surface area contributed by atoms with Crippen molar-refractivity contribution in [2.75, 3.05) is 4.90 Å². The Labute approximate surface area is 197 Å². The first-order valence-corrected chi connectivity index (χ1v) is 10.4. The van der Waals surface area contributed by atoms with Gasteiger partial charge in [-0.1, -0.05) is 11.6 Å². The van der Waals surface area contributed by atoms with Crippen LogP contribution in [-0.2, 0) is 9.59 Å². The molecular formula is C24H17ClFN3O5. The molecule has 4 rings (SSSR count). The fourth-order valence-electron chi connectivity index (χ4n) is 3.76. The molecule has 2 aromatic carbocycles. The minimum Gasteiger partial charge on any atom is -0.478 e. The van der Waals surface area contributed by atoms with E-state index in [1.165, 1.54) is 36.4 Å². The van der Waals surface area contributed by atoms with E-state index in [4.69, 9.17) is 11.6 Å².